The van der Waals surface area contributed by atoms with E-state index in [-0.39, 0.29) is 23.9 Å². The molecule has 0 spiro atoms. The van der Waals surface area contributed by atoms with Crippen molar-refractivity contribution in [3.8, 4) is 0 Å². The van der Waals surface area contributed by atoms with Crippen LogP contribution in [0.5, 0.6) is 0 Å². The Morgan fingerprint density at radius 3 is 2.42 bits per heavy atom. The molecule has 2 rings (SSSR count). The number of nitrogens with zero attached hydrogens (tertiary/aromatic N) is 1. The summed E-state index contributed by atoms with van der Waals surface area (Å²) < 4.78 is 5.31. The lowest BCUT2D eigenvalue weighted by Crippen LogP contribution is -2.53. The highest BCUT2D eigenvalue weighted by Gasteiger charge is 2.43. The summed E-state index contributed by atoms with van der Waals surface area (Å²) in [4.78, 5) is 41.0. The average molecular weight is 458 g/mol. The van der Waals surface area contributed by atoms with Gasteiger partial charge < -0.3 is 20.3 Å². The van der Waals surface area contributed by atoms with Gasteiger partial charge in [0.05, 0.1) is 0 Å². The molecule has 33 heavy (non-hydrogen) atoms. The van der Waals surface area contributed by atoms with Crippen molar-refractivity contribution in [3.05, 3.63) is 42.0 Å². The van der Waals surface area contributed by atoms with Crippen LogP contribution < -0.4 is 10.6 Å². The van der Waals surface area contributed by atoms with Crippen LogP contribution in [0.3, 0.4) is 0 Å². The van der Waals surface area contributed by atoms with Crippen LogP contribution in [0.25, 0.3) is 6.08 Å². The lowest BCUT2D eigenvalue weighted by atomic mass is 9.99. The van der Waals surface area contributed by atoms with Crippen molar-refractivity contribution in [1.29, 1.82) is 0 Å². The van der Waals surface area contributed by atoms with Crippen molar-refractivity contribution in [3.63, 3.8) is 0 Å². The highest BCUT2D eigenvalue weighted by Crippen LogP contribution is 2.36. The number of hydrogen-bond acceptors (Lipinski definition) is 4. The third-order valence-corrected chi connectivity index (χ3v) is 5.40. The fourth-order valence-electron chi connectivity index (χ4n) is 3.76. The normalized spacial score (nSPS) is 16.2. The molecule has 1 aromatic rings. The number of benzene rings is 1. The van der Waals surface area contributed by atoms with Gasteiger partial charge >= 0.3 is 6.09 Å². The van der Waals surface area contributed by atoms with E-state index in [2.05, 4.69) is 24.1 Å². The van der Waals surface area contributed by atoms with Crippen LogP contribution >= 0.6 is 0 Å². The van der Waals surface area contributed by atoms with Crippen LogP contribution in [0.4, 0.5) is 4.79 Å². The minimum Gasteiger partial charge on any atom is -0.444 e. The highest BCUT2D eigenvalue weighted by molar-refractivity contribution is 5.92. The second kappa shape index (κ2) is 11.3. The number of hydrogen-bond donors (Lipinski definition) is 2. The Bertz CT molecular complexity index is 857. The van der Waals surface area contributed by atoms with Gasteiger partial charge in [-0.3, -0.25) is 9.59 Å². The second-order valence-electron chi connectivity index (χ2n) is 9.82. The Labute approximate surface area is 197 Å². The Hall–Kier alpha value is -2.83. The molecule has 0 saturated heterocycles. The smallest absolute Gasteiger partial charge is 0.408 e. The summed E-state index contributed by atoms with van der Waals surface area (Å²) in [5.74, 6) is -0.530. The molecule has 2 N–H and O–H groups in total. The van der Waals surface area contributed by atoms with E-state index >= 15 is 0 Å². The Kier molecular flexibility index (Phi) is 9.08. The van der Waals surface area contributed by atoms with Crippen LogP contribution in [0.15, 0.2) is 30.8 Å². The maximum absolute atomic E-state index is 13.6. The molecule has 0 aromatic heterocycles. The van der Waals surface area contributed by atoms with Gasteiger partial charge in [-0.25, -0.2) is 4.79 Å². The first-order valence-corrected chi connectivity index (χ1v) is 11.8. The molecule has 182 valence electrons. The molecule has 3 atom stereocenters. The van der Waals surface area contributed by atoms with E-state index in [1.807, 2.05) is 31.2 Å². The molecule has 0 aliphatic heterocycles. The van der Waals surface area contributed by atoms with Gasteiger partial charge in [-0.1, -0.05) is 44.2 Å². The number of amides is 3. The average Bonchev–Trinajstić information content (AvgIpc) is 3.54. The highest BCUT2D eigenvalue weighted by atomic mass is 16.6. The molecule has 0 heterocycles. The minimum atomic E-state index is -0.841. The summed E-state index contributed by atoms with van der Waals surface area (Å²) in [5.41, 5.74) is 0.916. The SMILES string of the molecule is C=Cc1cccc(C(C(=O)NC(C)CCC)N(C(=O)C(C)NC(=O)OC(C)(C)C)C2CC2)c1. The van der Waals surface area contributed by atoms with Gasteiger partial charge in [0, 0.05) is 12.1 Å². The first-order valence-electron chi connectivity index (χ1n) is 11.8. The maximum atomic E-state index is 13.6. The van der Waals surface area contributed by atoms with E-state index in [1.165, 1.54) is 0 Å². The van der Waals surface area contributed by atoms with E-state index in [9.17, 15) is 14.4 Å². The molecule has 3 amide bonds. The largest absolute Gasteiger partial charge is 0.444 e. The zero-order valence-corrected chi connectivity index (χ0v) is 20.8. The van der Waals surface area contributed by atoms with Crippen molar-refractivity contribution >= 4 is 24.0 Å². The Balaban J connectivity index is 2.35. The predicted octanol–water partition coefficient (Wildman–Crippen LogP) is 4.58. The van der Waals surface area contributed by atoms with Crippen molar-refractivity contribution in [2.75, 3.05) is 0 Å². The van der Waals surface area contributed by atoms with Crippen LogP contribution in [-0.4, -0.2) is 46.5 Å². The first kappa shape index (κ1) is 26.4. The zero-order valence-electron chi connectivity index (χ0n) is 20.8. The van der Waals surface area contributed by atoms with Crippen LogP contribution in [-0.2, 0) is 14.3 Å². The van der Waals surface area contributed by atoms with E-state index < -0.39 is 23.8 Å². The molecular weight excluding hydrogens is 418 g/mol. The van der Waals surface area contributed by atoms with Crippen LogP contribution in [0.1, 0.15) is 84.4 Å². The number of rotatable bonds is 10. The number of alkyl carbamates (subject to hydrolysis) is 1. The summed E-state index contributed by atoms with van der Waals surface area (Å²) in [5, 5.41) is 5.70. The molecule has 1 saturated carbocycles. The standard InChI is InChI=1S/C26H39N3O4/c1-8-11-17(3)27-23(30)22(20-13-10-12-19(9-2)16-20)29(21-14-15-21)24(31)18(4)28-25(32)33-26(5,6)7/h9-10,12-13,16-18,21-22H,2,8,11,14-15H2,1,3-7H3,(H,27,30)(H,28,32). The van der Waals surface area contributed by atoms with Crippen molar-refractivity contribution < 1.29 is 19.1 Å². The lowest BCUT2D eigenvalue weighted by molar-refractivity contribution is -0.143. The number of nitrogens with one attached hydrogen (secondary N) is 2. The maximum Gasteiger partial charge on any atom is 0.408 e. The third kappa shape index (κ3) is 7.91. The minimum absolute atomic E-state index is 0.0129. The van der Waals surface area contributed by atoms with Crippen molar-refractivity contribution in [1.82, 2.24) is 15.5 Å². The van der Waals surface area contributed by atoms with Gasteiger partial charge in [0.1, 0.15) is 17.7 Å². The molecule has 7 heteroatoms. The number of carbonyl (C=O) groups is 3. The summed E-state index contributed by atoms with van der Waals surface area (Å²) in [6, 6.07) is 5.80. The van der Waals surface area contributed by atoms with Crippen LogP contribution in [0, 0.1) is 0 Å². The summed E-state index contributed by atoms with van der Waals surface area (Å²) in [6.45, 7) is 14.8. The van der Waals surface area contributed by atoms with E-state index in [1.54, 1.807) is 38.7 Å². The second-order valence-corrected chi connectivity index (χ2v) is 9.82. The summed E-state index contributed by atoms with van der Waals surface area (Å²) in [6.07, 6.45) is 4.49. The molecule has 1 aliphatic carbocycles. The summed E-state index contributed by atoms with van der Waals surface area (Å²) >= 11 is 0. The van der Waals surface area contributed by atoms with Gasteiger partial charge in [-0.2, -0.15) is 0 Å². The molecule has 1 aliphatic rings. The molecular formula is C26H39N3O4. The quantitative estimate of drug-likeness (QED) is 0.538. The lowest BCUT2D eigenvalue weighted by Gasteiger charge is -2.34. The molecule has 3 unspecified atom stereocenters. The first-order chi connectivity index (χ1) is 15.5. The summed E-state index contributed by atoms with van der Waals surface area (Å²) in [7, 11) is 0. The van der Waals surface area contributed by atoms with Crippen molar-refractivity contribution in [2.45, 2.75) is 97.0 Å². The Morgan fingerprint density at radius 1 is 1.21 bits per heavy atom. The molecule has 0 bridgehead atoms. The fraction of sp³-hybridized carbons (Fsp3) is 0.577. The molecule has 1 fully saturated rings. The fourth-order valence-corrected chi connectivity index (χ4v) is 3.76. The molecule has 1 aromatic carbocycles. The van der Waals surface area contributed by atoms with Gasteiger partial charge in [0.25, 0.3) is 0 Å². The topological polar surface area (TPSA) is 87.7 Å². The monoisotopic (exact) mass is 457 g/mol. The van der Waals surface area contributed by atoms with E-state index in [4.69, 9.17) is 4.74 Å². The van der Waals surface area contributed by atoms with Gasteiger partial charge in [0.2, 0.25) is 11.8 Å². The van der Waals surface area contributed by atoms with Crippen molar-refractivity contribution in [2.24, 2.45) is 0 Å². The van der Waals surface area contributed by atoms with Crippen LogP contribution in [0.2, 0.25) is 0 Å². The number of ether oxygens (including phenoxy) is 1. The predicted molar refractivity (Wildman–Crippen MR) is 130 cm³/mol. The van der Waals surface area contributed by atoms with Gasteiger partial charge in [0.15, 0.2) is 0 Å². The Morgan fingerprint density at radius 2 is 1.88 bits per heavy atom. The number of carbonyl (C=O) groups excluding carboxylic acids is 3. The zero-order chi connectivity index (χ0) is 24.8. The van der Waals surface area contributed by atoms with Gasteiger partial charge in [-0.15, -0.1) is 0 Å². The molecule has 7 nitrogen and oxygen atoms in total. The van der Waals surface area contributed by atoms with Gasteiger partial charge in [-0.05, 0) is 71.1 Å². The van der Waals surface area contributed by atoms with E-state index in [0.717, 1.165) is 36.8 Å². The van der Waals surface area contributed by atoms with E-state index in [0.29, 0.717) is 0 Å². The third-order valence-electron chi connectivity index (χ3n) is 5.40. The molecule has 0 radical (unpaired) electrons.